The van der Waals surface area contributed by atoms with Crippen molar-refractivity contribution in [1.82, 2.24) is 0 Å². The molecule has 0 aliphatic rings. The molecular formula is C15H15CoNO2. The van der Waals surface area contributed by atoms with Crippen molar-refractivity contribution in [2.45, 2.75) is 13.0 Å². The first-order chi connectivity index (χ1) is 8.78. The molecule has 3 nitrogen and oxygen atoms in total. The minimum absolute atomic E-state index is 0. The Morgan fingerprint density at radius 2 is 1.68 bits per heavy atom. The van der Waals surface area contributed by atoms with E-state index in [4.69, 9.17) is 10.5 Å². The van der Waals surface area contributed by atoms with Gasteiger partial charge in [0.2, 0.25) is 0 Å². The summed E-state index contributed by atoms with van der Waals surface area (Å²) in [7, 11) is 0. The van der Waals surface area contributed by atoms with Gasteiger partial charge in [0.05, 0.1) is 6.42 Å². The van der Waals surface area contributed by atoms with Crippen molar-refractivity contribution in [2.24, 2.45) is 5.73 Å². The topological polar surface area (TPSA) is 52.3 Å². The molecule has 0 aromatic heterocycles. The quantitative estimate of drug-likeness (QED) is 0.696. The van der Waals surface area contributed by atoms with Gasteiger partial charge in [-0.15, -0.1) is 0 Å². The standard InChI is InChI=1S/C15H15NO2.Co/c16-11-13-6-4-5-12(9-13)10-15(17)18-14-7-2-1-3-8-14;/h1-9H,10-11,16H2;. The second-order valence-corrected chi connectivity index (χ2v) is 3.99. The van der Waals surface area contributed by atoms with Crippen molar-refractivity contribution < 1.29 is 26.3 Å². The van der Waals surface area contributed by atoms with E-state index < -0.39 is 0 Å². The van der Waals surface area contributed by atoms with E-state index in [-0.39, 0.29) is 29.2 Å². The number of para-hydroxylation sites is 1. The smallest absolute Gasteiger partial charge is 0.315 e. The van der Waals surface area contributed by atoms with Crippen molar-refractivity contribution in [3.63, 3.8) is 0 Å². The summed E-state index contributed by atoms with van der Waals surface area (Å²) in [6, 6.07) is 16.7. The number of rotatable bonds is 4. The summed E-state index contributed by atoms with van der Waals surface area (Å²) in [5, 5.41) is 0. The van der Waals surface area contributed by atoms with Gasteiger partial charge >= 0.3 is 5.97 Å². The molecule has 0 bridgehead atoms. The van der Waals surface area contributed by atoms with E-state index in [2.05, 4.69) is 0 Å². The first kappa shape index (κ1) is 15.4. The Morgan fingerprint density at radius 1 is 1.00 bits per heavy atom. The summed E-state index contributed by atoms with van der Waals surface area (Å²) in [6.07, 6.45) is 0.253. The second-order valence-electron chi connectivity index (χ2n) is 3.99. The third-order valence-electron chi connectivity index (χ3n) is 2.55. The van der Waals surface area contributed by atoms with Gasteiger partial charge < -0.3 is 10.5 Å². The molecule has 0 amide bonds. The summed E-state index contributed by atoms with van der Waals surface area (Å²) in [6.45, 7) is 0.474. The van der Waals surface area contributed by atoms with Gasteiger partial charge in [0.15, 0.2) is 0 Å². The third kappa shape index (κ3) is 4.87. The van der Waals surface area contributed by atoms with Crippen LogP contribution in [0, 0.1) is 0 Å². The number of carbonyl (C=O) groups is 1. The molecule has 2 rings (SSSR count). The van der Waals surface area contributed by atoms with Crippen LogP contribution in [-0.2, 0) is 34.5 Å². The molecule has 101 valence electrons. The Bertz CT molecular complexity index is 529. The summed E-state index contributed by atoms with van der Waals surface area (Å²) >= 11 is 0. The Hall–Kier alpha value is -1.62. The molecule has 0 aliphatic heterocycles. The Kier molecular flexibility index (Phi) is 6.28. The van der Waals surface area contributed by atoms with Crippen molar-refractivity contribution in [3.8, 4) is 5.75 Å². The molecule has 0 atom stereocenters. The fraction of sp³-hybridized carbons (Fsp3) is 0.133. The first-order valence-electron chi connectivity index (χ1n) is 5.81. The number of nitrogens with two attached hydrogens (primary N) is 1. The van der Waals surface area contributed by atoms with Crippen molar-refractivity contribution in [2.75, 3.05) is 0 Å². The number of benzene rings is 2. The largest absolute Gasteiger partial charge is 0.426 e. The zero-order chi connectivity index (χ0) is 12.8. The van der Waals surface area contributed by atoms with E-state index in [1.165, 1.54) is 0 Å². The van der Waals surface area contributed by atoms with Crippen LogP contribution in [0.3, 0.4) is 0 Å². The molecule has 2 aromatic carbocycles. The average Bonchev–Trinajstić information content (AvgIpc) is 2.40. The number of carbonyl (C=O) groups excluding carboxylic acids is 1. The number of hydrogen-bond acceptors (Lipinski definition) is 3. The molecule has 4 heteroatoms. The molecule has 0 aliphatic carbocycles. The summed E-state index contributed by atoms with van der Waals surface area (Å²) in [5.74, 6) is 0.299. The van der Waals surface area contributed by atoms with Gasteiger partial charge in [-0.1, -0.05) is 42.5 Å². The van der Waals surface area contributed by atoms with Gasteiger partial charge in [-0.25, -0.2) is 0 Å². The van der Waals surface area contributed by atoms with E-state index >= 15 is 0 Å². The molecule has 0 unspecified atom stereocenters. The van der Waals surface area contributed by atoms with Crippen LogP contribution in [0.25, 0.3) is 0 Å². The van der Waals surface area contributed by atoms with E-state index in [0.29, 0.717) is 12.3 Å². The van der Waals surface area contributed by atoms with Crippen LogP contribution in [0.15, 0.2) is 54.6 Å². The molecule has 1 radical (unpaired) electrons. The maximum atomic E-state index is 11.7. The summed E-state index contributed by atoms with van der Waals surface area (Å²) in [4.78, 5) is 11.7. The van der Waals surface area contributed by atoms with E-state index in [1.54, 1.807) is 12.1 Å². The van der Waals surface area contributed by atoms with Crippen molar-refractivity contribution >= 4 is 5.97 Å². The van der Waals surface area contributed by atoms with E-state index in [0.717, 1.165) is 11.1 Å². The Morgan fingerprint density at radius 3 is 2.37 bits per heavy atom. The monoisotopic (exact) mass is 300 g/mol. The average molecular weight is 300 g/mol. The molecule has 0 spiro atoms. The van der Waals surface area contributed by atoms with Crippen LogP contribution < -0.4 is 10.5 Å². The minimum Gasteiger partial charge on any atom is -0.426 e. The zero-order valence-electron chi connectivity index (χ0n) is 10.3. The van der Waals surface area contributed by atoms with Crippen LogP contribution in [0.4, 0.5) is 0 Å². The van der Waals surface area contributed by atoms with Crippen LogP contribution >= 0.6 is 0 Å². The number of esters is 1. The molecule has 0 saturated heterocycles. The maximum absolute atomic E-state index is 11.7. The van der Waals surface area contributed by atoms with Gasteiger partial charge in [-0.2, -0.15) is 0 Å². The van der Waals surface area contributed by atoms with E-state index in [9.17, 15) is 4.79 Å². The third-order valence-corrected chi connectivity index (χ3v) is 2.55. The van der Waals surface area contributed by atoms with Crippen molar-refractivity contribution in [3.05, 3.63) is 65.7 Å². The van der Waals surface area contributed by atoms with Crippen LogP contribution in [-0.4, -0.2) is 5.97 Å². The second kappa shape index (κ2) is 7.73. The molecule has 2 N–H and O–H groups in total. The summed E-state index contributed by atoms with van der Waals surface area (Å²) < 4.78 is 5.22. The Balaban J connectivity index is 0.00000180. The molecule has 0 saturated carbocycles. The van der Waals surface area contributed by atoms with Crippen LogP contribution in [0.2, 0.25) is 0 Å². The SMILES string of the molecule is NCc1cccc(CC(=O)Oc2ccccc2)c1.[Co]. The number of ether oxygens (including phenoxy) is 1. The van der Waals surface area contributed by atoms with Crippen molar-refractivity contribution in [1.29, 1.82) is 0 Å². The van der Waals surface area contributed by atoms with E-state index in [1.807, 2.05) is 42.5 Å². The zero-order valence-corrected chi connectivity index (χ0v) is 11.4. The van der Waals surface area contributed by atoms with Gasteiger partial charge in [-0.3, -0.25) is 4.79 Å². The molecule has 0 heterocycles. The fourth-order valence-corrected chi connectivity index (χ4v) is 1.69. The Labute approximate surface area is 123 Å². The molecule has 19 heavy (non-hydrogen) atoms. The van der Waals surface area contributed by atoms with Crippen LogP contribution in [0.5, 0.6) is 5.75 Å². The van der Waals surface area contributed by atoms with Gasteiger partial charge in [0, 0.05) is 23.3 Å². The predicted molar refractivity (Wildman–Crippen MR) is 70.1 cm³/mol. The minimum atomic E-state index is -0.268. The van der Waals surface area contributed by atoms with Gasteiger partial charge in [-0.05, 0) is 23.3 Å². The molecular weight excluding hydrogens is 285 g/mol. The van der Waals surface area contributed by atoms with Gasteiger partial charge in [0.25, 0.3) is 0 Å². The predicted octanol–water partition coefficient (Wildman–Crippen LogP) is 2.29. The number of hydrogen-bond donors (Lipinski definition) is 1. The normalized spacial score (nSPS) is 9.53. The molecule has 2 aromatic rings. The van der Waals surface area contributed by atoms with Gasteiger partial charge in [0.1, 0.15) is 5.75 Å². The molecule has 0 fully saturated rings. The summed E-state index contributed by atoms with van der Waals surface area (Å²) in [5.41, 5.74) is 7.49. The first-order valence-corrected chi connectivity index (χ1v) is 5.81. The fourth-order valence-electron chi connectivity index (χ4n) is 1.69. The maximum Gasteiger partial charge on any atom is 0.315 e. The van der Waals surface area contributed by atoms with Crippen LogP contribution in [0.1, 0.15) is 11.1 Å².